The number of amides is 1. The van der Waals surface area contributed by atoms with E-state index in [1.165, 1.54) is 12.1 Å². The van der Waals surface area contributed by atoms with Crippen LogP contribution >= 0.6 is 11.6 Å². The van der Waals surface area contributed by atoms with Crippen LogP contribution in [0.25, 0.3) is 0 Å². The SMILES string of the molecule is O=C(c1ccc(Cl)o1)N(CCc1ccc(F)cc1)C1CCCC1. The van der Waals surface area contributed by atoms with E-state index in [-0.39, 0.29) is 28.7 Å². The third kappa shape index (κ3) is 3.94. The summed E-state index contributed by atoms with van der Waals surface area (Å²) in [6, 6.07) is 9.86. The van der Waals surface area contributed by atoms with Crippen LogP contribution in [0.4, 0.5) is 4.39 Å². The summed E-state index contributed by atoms with van der Waals surface area (Å²) in [5.74, 6) is -0.0883. The number of hydrogen-bond donors (Lipinski definition) is 0. The van der Waals surface area contributed by atoms with E-state index in [1.54, 1.807) is 24.3 Å². The summed E-state index contributed by atoms with van der Waals surface area (Å²) in [6.45, 7) is 0.591. The second-order valence-corrected chi connectivity index (χ2v) is 6.29. The van der Waals surface area contributed by atoms with Crippen molar-refractivity contribution in [2.45, 2.75) is 38.1 Å². The second-order valence-electron chi connectivity index (χ2n) is 5.92. The molecule has 0 unspecified atom stereocenters. The fourth-order valence-corrected chi connectivity index (χ4v) is 3.28. The van der Waals surface area contributed by atoms with Crippen molar-refractivity contribution in [3.8, 4) is 0 Å². The molecular weight excluding hydrogens is 317 g/mol. The summed E-state index contributed by atoms with van der Waals surface area (Å²) in [7, 11) is 0. The van der Waals surface area contributed by atoms with Gasteiger partial charge in [0.05, 0.1) is 0 Å². The molecule has 1 aromatic carbocycles. The number of nitrogens with zero attached hydrogens (tertiary/aromatic N) is 1. The molecule has 0 aliphatic heterocycles. The maximum atomic E-state index is 13.0. The molecule has 0 atom stereocenters. The van der Waals surface area contributed by atoms with Gasteiger partial charge in [0.1, 0.15) is 5.82 Å². The third-order valence-electron chi connectivity index (χ3n) is 4.36. The van der Waals surface area contributed by atoms with Gasteiger partial charge in [-0.1, -0.05) is 25.0 Å². The summed E-state index contributed by atoms with van der Waals surface area (Å²) in [6.07, 6.45) is 5.01. The zero-order valence-corrected chi connectivity index (χ0v) is 13.6. The predicted octanol–water partition coefficient (Wildman–Crippen LogP) is 4.70. The standard InChI is InChI=1S/C18H19ClFNO2/c19-17-10-9-16(23-17)18(22)21(15-3-1-2-4-15)12-11-13-5-7-14(20)8-6-13/h5-10,15H,1-4,11-12H2. The Bertz CT molecular complexity index is 662. The molecule has 3 nitrogen and oxygen atoms in total. The van der Waals surface area contributed by atoms with Crippen LogP contribution < -0.4 is 0 Å². The molecule has 0 spiro atoms. The highest BCUT2D eigenvalue weighted by atomic mass is 35.5. The Labute approximate surface area is 140 Å². The minimum absolute atomic E-state index is 0.120. The van der Waals surface area contributed by atoms with E-state index in [2.05, 4.69) is 0 Å². The molecule has 122 valence electrons. The molecule has 2 aromatic rings. The highest BCUT2D eigenvalue weighted by molar-refractivity contribution is 6.29. The summed E-state index contributed by atoms with van der Waals surface area (Å²) in [5.41, 5.74) is 1.01. The molecule has 1 amide bonds. The molecule has 1 saturated carbocycles. The van der Waals surface area contributed by atoms with Crippen molar-refractivity contribution in [1.82, 2.24) is 4.90 Å². The van der Waals surface area contributed by atoms with Gasteiger partial charge in [0.15, 0.2) is 11.0 Å². The lowest BCUT2D eigenvalue weighted by Crippen LogP contribution is -2.40. The summed E-state index contributed by atoms with van der Waals surface area (Å²) in [4.78, 5) is 14.6. The quantitative estimate of drug-likeness (QED) is 0.793. The normalized spacial score (nSPS) is 15.0. The molecule has 23 heavy (non-hydrogen) atoms. The molecule has 1 aliphatic rings. The van der Waals surface area contributed by atoms with Gasteiger partial charge in [0, 0.05) is 12.6 Å². The first kappa shape index (κ1) is 16.1. The van der Waals surface area contributed by atoms with Gasteiger partial charge >= 0.3 is 0 Å². The Hall–Kier alpha value is -1.81. The van der Waals surface area contributed by atoms with Gasteiger partial charge in [-0.3, -0.25) is 4.79 Å². The summed E-state index contributed by atoms with van der Waals surface area (Å²) < 4.78 is 18.3. The Balaban J connectivity index is 1.72. The summed E-state index contributed by atoms with van der Waals surface area (Å²) in [5, 5.41) is 0.221. The topological polar surface area (TPSA) is 33.5 Å². The van der Waals surface area contributed by atoms with E-state index in [0.717, 1.165) is 31.2 Å². The van der Waals surface area contributed by atoms with Gasteiger partial charge in [-0.15, -0.1) is 0 Å². The average Bonchev–Trinajstić information content (AvgIpc) is 3.21. The maximum Gasteiger partial charge on any atom is 0.289 e. The monoisotopic (exact) mass is 335 g/mol. The lowest BCUT2D eigenvalue weighted by Gasteiger charge is -2.28. The zero-order chi connectivity index (χ0) is 16.2. The van der Waals surface area contributed by atoms with Crippen molar-refractivity contribution in [1.29, 1.82) is 0 Å². The molecule has 0 N–H and O–H groups in total. The van der Waals surface area contributed by atoms with Crippen LogP contribution in [-0.2, 0) is 6.42 Å². The first-order chi connectivity index (χ1) is 11.1. The number of halogens is 2. The minimum Gasteiger partial charge on any atom is -0.440 e. The second kappa shape index (κ2) is 7.18. The van der Waals surface area contributed by atoms with Crippen molar-refractivity contribution in [3.63, 3.8) is 0 Å². The Kier molecular flexibility index (Phi) is 5.01. The molecule has 1 aromatic heterocycles. The van der Waals surface area contributed by atoms with E-state index in [1.807, 2.05) is 4.90 Å². The Morgan fingerprint density at radius 1 is 1.17 bits per heavy atom. The number of rotatable bonds is 5. The van der Waals surface area contributed by atoms with E-state index in [0.29, 0.717) is 13.0 Å². The first-order valence-electron chi connectivity index (χ1n) is 7.94. The van der Waals surface area contributed by atoms with E-state index in [4.69, 9.17) is 16.0 Å². The van der Waals surface area contributed by atoms with Crippen LogP contribution in [0.5, 0.6) is 0 Å². The lowest BCUT2D eigenvalue weighted by atomic mass is 10.1. The zero-order valence-electron chi connectivity index (χ0n) is 12.8. The van der Waals surface area contributed by atoms with Crippen molar-refractivity contribution >= 4 is 17.5 Å². The maximum absolute atomic E-state index is 13.0. The summed E-state index contributed by atoms with van der Waals surface area (Å²) >= 11 is 5.78. The van der Waals surface area contributed by atoms with Crippen LogP contribution in [-0.4, -0.2) is 23.4 Å². The van der Waals surface area contributed by atoms with Crippen molar-refractivity contribution in [2.24, 2.45) is 0 Å². The van der Waals surface area contributed by atoms with Crippen molar-refractivity contribution in [2.75, 3.05) is 6.54 Å². The van der Waals surface area contributed by atoms with Gasteiger partial charge in [-0.05, 0) is 60.7 Å². The van der Waals surface area contributed by atoms with Gasteiger partial charge in [0.2, 0.25) is 0 Å². The molecular formula is C18H19ClFNO2. The molecule has 0 saturated heterocycles. The third-order valence-corrected chi connectivity index (χ3v) is 4.57. The molecule has 3 rings (SSSR count). The first-order valence-corrected chi connectivity index (χ1v) is 8.32. The number of carbonyl (C=O) groups excluding carboxylic acids is 1. The predicted molar refractivity (Wildman–Crippen MR) is 87.1 cm³/mol. The van der Waals surface area contributed by atoms with Gasteiger partial charge in [-0.25, -0.2) is 4.39 Å². The molecule has 0 bridgehead atoms. The van der Waals surface area contributed by atoms with E-state index < -0.39 is 0 Å². The van der Waals surface area contributed by atoms with E-state index >= 15 is 0 Å². The molecule has 0 radical (unpaired) electrons. The lowest BCUT2D eigenvalue weighted by molar-refractivity contribution is 0.0651. The van der Waals surface area contributed by atoms with Crippen LogP contribution in [0, 0.1) is 5.82 Å². The smallest absolute Gasteiger partial charge is 0.289 e. The largest absolute Gasteiger partial charge is 0.440 e. The molecule has 5 heteroatoms. The van der Waals surface area contributed by atoms with Gasteiger partial charge in [-0.2, -0.15) is 0 Å². The molecule has 1 heterocycles. The van der Waals surface area contributed by atoms with Crippen molar-refractivity contribution in [3.05, 3.63) is 58.8 Å². The fraction of sp³-hybridized carbons (Fsp3) is 0.389. The van der Waals surface area contributed by atoms with Crippen LogP contribution in [0.2, 0.25) is 5.22 Å². The number of furan rings is 1. The van der Waals surface area contributed by atoms with Crippen molar-refractivity contribution < 1.29 is 13.6 Å². The molecule has 1 fully saturated rings. The number of carbonyl (C=O) groups is 1. The Morgan fingerprint density at radius 3 is 2.48 bits per heavy atom. The van der Waals surface area contributed by atoms with Gasteiger partial charge in [0.25, 0.3) is 5.91 Å². The average molecular weight is 336 g/mol. The minimum atomic E-state index is -0.247. The Morgan fingerprint density at radius 2 is 1.87 bits per heavy atom. The fourth-order valence-electron chi connectivity index (χ4n) is 3.14. The van der Waals surface area contributed by atoms with Crippen LogP contribution in [0.15, 0.2) is 40.8 Å². The highest BCUT2D eigenvalue weighted by Crippen LogP contribution is 2.26. The van der Waals surface area contributed by atoms with Crippen LogP contribution in [0.1, 0.15) is 41.8 Å². The highest BCUT2D eigenvalue weighted by Gasteiger charge is 2.28. The van der Waals surface area contributed by atoms with Crippen LogP contribution in [0.3, 0.4) is 0 Å². The number of hydrogen-bond acceptors (Lipinski definition) is 2. The molecule has 1 aliphatic carbocycles. The number of benzene rings is 1. The van der Waals surface area contributed by atoms with Gasteiger partial charge < -0.3 is 9.32 Å². The van der Waals surface area contributed by atoms with E-state index in [9.17, 15) is 9.18 Å².